The molecule has 4 nitrogen and oxygen atoms in total. The molecule has 0 radical (unpaired) electrons. The van der Waals surface area contributed by atoms with Gasteiger partial charge >= 0.3 is 4.87 Å². The van der Waals surface area contributed by atoms with Crippen molar-refractivity contribution in [1.82, 2.24) is 9.88 Å². The van der Waals surface area contributed by atoms with Crippen molar-refractivity contribution in [3.05, 3.63) is 56.1 Å². The van der Waals surface area contributed by atoms with Gasteiger partial charge in [-0.1, -0.05) is 41.7 Å². The van der Waals surface area contributed by atoms with Crippen molar-refractivity contribution in [2.45, 2.75) is 19.9 Å². The van der Waals surface area contributed by atoms with Crippen LogP contribution in [0.25, 0.3) is 0 Å². The van der Waals surface area contributed by atoms with E-state index in [0.29, 0.717) is 10.6 Å². The molecule has 0 aliphatic carbocycles. The Kier molecular flexibility index (Phi) is 3.85. The van der Waals surface area contributed by atoms with Crippen LogP contribution in [-0.4, -0.2) is 10.5 Å². The summed E-state index contributed by atoms with van der Waals surface area (Å²) in [5, 5.41) is 2.91. The highest BCUT2D eigenvalue weighted by Crippen LogP contribution is 2.15. The predicted molar refractivity (Wildman–Crippen MR) is 76.6 cm³/mol. The largest absolute Gasteiger partial charge is 0.345 e. The van der Waals surface area contributed by atoms with Crippen LogP contribution in [0.4, 0.5) is 0 Å². The van der Waals surface area contributed by atoms with E-state index in [4.69, 9.17) is 0 Å². The molecule has 100 valence electrons. The lowest BCUT2D eigenvalue weighted by Gasteiger charge is -2.13. The third kappa shape index (κ3) is 2.76. The van der Waals surface area contributed by atoms with Crippen LogP contribution in [0.1, 0.15) is 33.9 Å². The number of hydrogen-bond acceptors (Lipinski definition) is 3. The van der Waals surface area contributed by atoms with Gasteiger partial charge < -0.3 is 9.88 Å². The molecule has 0 aliphatic rings. The van der Waals surface area contributed by atoms with Crippen LogP contribution in [0.15, 0.2) is 35.1 Å². The summed E-state index contributed by atoms with van der Waals surface area (Å²) >= 11 is 0.982. The SMILES string of the molecule is Cc1c(C(=O)NC(C)c2ccccc2)sc(=O)n1C. The van der Waals surface area contributed by atoms with Crippen LogP contribution in [0.5, 0.6) is 0 Å². The zero-order valence-electron chi connectivity index (χ0n) is 11.1. The molecule has 0 spiro atoms. The van der Waals surface area contributed by atoms with E-state index in [1.807, 2.05) is 37.3 Å². The van der Waals surface area contributed by atoms with Gasteiger partial charge in [0.05, 0.1) is 6.04 Å². The van der Waals surface area contributed by atoms with Crippen LogP contribution < -0.4 is 10.2 Å². The quantitative estimate of drug-likeness (QED) is 0.934. The predicted octanol–water partition coefficient (Wildman–Crippen LogP) is 2.25. The summed E-state index contributed by atoms with van der Waals surface area (Å²) < 4.78 is 1.49. The maximum atomic E-state index is 12.2. The average Bonchev–Trinajstić information content (AvgIpc) is 2.67. The van der Waals surface area contributed by atoms with Crippen LogP contribution in [-0.2, 0) is 7.05 Å². The monoisotopic (exact) mass is 276 g/mol. The number of nitrogens with one attached hydrogen (secondary N) is 1. The highest BCUT2D eigenvalue weighted by Gasteiger charge is 2.17. The molecule has 1 aromatic carbocycles. The van der Waals surface area contributed by atoms with Gasteiger partial charge in [-0.15, -0.1) is 0 Å². The van der Waals surface area contributed by atoms with Crippen molar-refractivity contribution >= 4 is 17.2 Å². The van der Waals surface area contributed by atoms with E-state index in [9.17, 15) is 9.59 Å². The van der Waals surface area contributed by atoms with Crippen molar-refractivity contribution in [3.8, 4) is 0 Å². The highest BCUT2D eigenvalue weighted by molar-refractivity contribution is 7.11. The van der Waals surface area contributed by atoms with E-state index in [2.05, 4.69) is 5.32 Å². The minimum atomic E-state index is -0.198. The molecule has 1 amide bonds. The van der Waals surface area contributed by atoms with Crippen LogP contribution in [0.2, 0.25) is 0 Å². The third-order valence-electron chi connectivity index (χ3n) is 3.15. The minimum Gasteiger partial charge on any atom is -0.345 e. The Morgan fingerprint density at radius 3 is 2.47 bits per heavy atom. The second kappa shape index (κ2) is 5.40. The maximum absolute atomic E-state index is 12.2. The first-order chi connectivity index (χ1) is 9.00. The molecular weight excluding hydrogens is 260 g/mol. The van der Waals surface area contributed by atoms with Gasteiger partial charge in [-0.25, -0.2) is 0 Å². The zero-order valence-corrected chi connectivity index (χ0v) is 12.0. The van der Waals surface area contributed by atoms with Gasteiger partial charge in [0.25, 0.3) is 5.91 Å². The van der Waals surface area contributed by atoms with Crippen molar-refractivity contribution in [1.29, 1.82) is 0 Å². The number of benzene rings is 1. The van der Waals surface area contributed by atoms with E-state index in [-0.39, 0.29) is 16.8 Å². The summed E-state index contributed by atoms with van der Waals surface area (Å²) in [6, 6.07) is 9.64. The third-order valence-corrected chi connectivity index (χ3v) is 4.28. The molecule has 0 saturated carbocycles. The first-order valence-electron chi connectivity index (χ1n) is 6.03. The Bertz CT molecular complexity index is 643. The van der Waals surface area contributed by atoms with Gasteiger partial charge in [-0.2, -0.15) is 0 Å². The van der Waals surface area contributed by atoms with Crippen LogP contribution in [0, 0.1) is 6.92 Å². The molecule has 1 heterocycles. The van der Waals surface area contributed by atoms with Gasteiger partial charge in [0, 0.05) is 12.7 Å². The molecule has 1 aromatic heterocycles. The molecule has 0 saturated heterocycles. The second-order valence-corrected chi connectivity index (χ2v) is 5.41. The van der Waals surface area contributed by atoms with E-state index < -0.39 is 0 Å². The fourth-order valence-electron chi connectivity index (χ4n) is 1.82. The Balaban J connectivity index is 2.18. The molecule has 19 heavy (non-hydrogen) atoms. The van der Waals surface area contributed by atoms with Gasteiger partial charge in [0.15, 0.2) is 0 Å². The van der Waals surface area contributed by atoms with E-state index in [1.165, 1.54) is 4.57 Å². The fourth-order valence-corrected chi connectivity index (χ4v) is 2.70. The van der Waals surface area contributed by atoms with E-state index in [0.717, 1.165) is 16.9 Å². The number of carbonyl (C=O) groups is 1. The number of nitrogens with zero attached hydrogens (tertiary/aromatic N) is 1. The maximum Gasteiger partial charge on any atom is 0.307 e. The van der Waals surface area contributed by atoms with Gasteiger partial charge in [-0.3, -0.25) is 9.59 Å². The Morgan fingerprint density at radius 2 is 1.95 bits per heavy atom. The molecule has 1 N–H and O–H groups in total. The molecule has 2 rings (SSSR count). The number of aromatic nitrogens is 1. The molecule has 1 atom stereocenters. The smallest absolute Gasteiger partial charge is 0.307 e. The molecule has 5 heteroatoms. The fraction of sp³-hybridized carbons (Fsp3) is 0.286. The van der Waals surface area contributed by atoms with Crippen molar-refractivity contribution in [2.75, 3.05) is 0 Å². The number of rotatable bonds is 3. The van der Waals surface area contributed by atoms with E-state index in [1.54, 1.807) is 14.0 Å². The number of thiazole rings is 1. The highest BCUT2D eigenvalue weighted by atomic mass is 32.1. The molecule has 1 unspecified atom stereocenters. The molecular formula is C14H16N2O2S. The average molecular weight is 276 g/mol. The van der Waals surface area contributed by atoms with Crippen LogP contribution in [0.3, 0.4) is 0 Å². The van der Waals surface area contributed by atoms with Gasteiger partial charge in [-0.05, 0) is 19.4 Å². The summed E-state index contributed by atoms with van der Waals surface area (Å²) in [5.74, 6) is -0.198. The number of amides is 1. The first-order valence-corrected chi connectivity index (χ1v) is 6.84. The lowest BCUT2D eigenvalue weighted by molar-refractivity contribution is 0.0943. The van der Waals surface area contributed by atoms with E-state index >= 15 is 0 Å². The van der Waals surface area contributed by atoms with Crippen LogP contribution >= 0.6 is 11.3 Å². The molecule has 0 fully saturated rings. The molecule has 2 aromatic rings. The summed E-state index contributed by atoms with van der Waals surface area (Å²) in [6.07, 6.45) is 0. The normalized spacial score (nSPS) is 12.2. The van der Waals surface area contributed by atoms with Crippen molar-refractivity contribution < 1.29 is 4.79 Å². The second-order valence-electron chi connectivity index (χ2n) is 4.45. The number of carbonyl (C=O) groups excluding carboxylic acids is 1. The minimum absolute atomic E-state index is 0.0874. The molecule has 0 aliphatic heterocycles. The van der Waals surface area contributed by atoms with Crippen molar-refractivity contribution in [3.63, 3.8) is 0 Å². The summed E-state index contributed by atoms with van der Waals surface area (Å²) in [4.78, 5) is 24.1. The molecule has 0 bridgehead atoms. The topological polar surface area (TPSA) is 51.1 Å². The summed E-state index contributed by atoms with van der Waals surface area (Å²) in [6.45, 7) is 3.70. The Labute approximate surface area is 115 Å². The zero-order chi connectivity index (χ0) is 14.0. The Morgan fingerprint density at radius 1 is 1.32 bits per heavy atom. The standard InChI is InChI=1S/C14H16N2O2S/c1-9(11-7-5-4-6-8-11)15-13(17)12-10(2)16(3)14(18)19-12/h4-9H,1-3H3,(H,15,17). The van der Waals surface area contributed by atoms with Crippen molar-refractivity contribution in [2.24, 2.45) is 7.05 Å². The van der Waals surface area contributed by atoms with Gasteiger partial charge in [0.1, 0.15) is 4.88 Å². The summed E-state index contributed by atoms with van der Waals surface area (Å²) in [5.41, 5.74) is 1.74. The number of hydrogen-bond donors (Lipinski definition) is 1. The summed E-state index contributed by atoms with van der Waals surface area (Å²) in [7, 11) is 1.67. The van der Waals surface area contributed by atoms with Gasteiger partial charge in [0.2, 0.25) is 0 Å². The first kappa shape index (κ1) is 13.5. The lowest BCUT2D eigenvalue weighted by atomic mass is 10.1. The lowest BCUT2D eigenvalue weighted by Crippen LogP contribution is -2.26. The Hall–Kier alpha value is -1.88.